The highest BCUT2D eigenvalue weighted by molar-refractivity contribution is 7.12. The van der Waals surface area contributed by atoms with Gasteiger partial charge in [-0.2, -0.15) is 0 Å². The molecule has 2 aromatic heterocycles. The van der Waals surface area contributed by atoms with Gasteiger partial charge in [0.05, 0.1) is 0 Å². The summed E-state index contributed by atoms with van der Waals surface area (Å²) in [5, 5.41) is 0.365. The fourth-order valence-corrected chi connectivity index (χ4v) is 6.65. The van der Waals surface area contributed by atoms with Gasteiger partial charge in [0, 0.05) is 12.1 Å². The Labute approximate surface area is 192 Å². The predicted octanol–water partition coefficient (Wildman–Crippen LogP) is 7.44. The van der Waals surface area contributed by atoms with Crippen LogP contribution in [0, 0.1) is 0 Å². The maximum atomic E-state index is 11.6. The molecule has 0 aromatic carbocycles. The van der Waals surface area contributed by atoms with Crippen LogP contribution in [0.25, 0.3) is 0 Å². The third-order valence-electron chi connectivity index (χ3n) is 5.29. The standard InChI is InChI=1S/2C9H11Cl2NOS/c2*10-7-8(11)14-12(9(7)13)6-4-2-1-3-5-6/h2*6H,1-5H2. The van der Waals surface area contributed by atoms with Crippen LogP contribution in [0.4, 0.5) is 0 Å². The summed E-state index contributed by atoms with van der Waals surface area (Å²) < 4.78 is 4.32. The van der Waals surface area contributed by atoms with Crippen molar-refractivity contribution >= 4 is 69.5 Å². The second-order valence-electron chi connectivity index (χ2n) is 7.20. The van der Waals surface area contributed by atoms with Gasteiger partial charge in [0.2, 0.25) is 0 Å². The zero-order valence-corrected chi connectivity index (χ0v) is 19.9. The Bertz CT molecular complexity index is 832. The highest BCUT2D eigenvalue weighted by Gasteiger charge is 2.22. The smallest absolute Gasteiger partial charge is 0.267 e. The van der Waals surface area contributed by atoms with Crippen molar-refractivity contribution in [3.05, 3.63) is 39.4 Å². The van der Waals surface area contributed by atoms with Gasteiger partial charge < -0.3 is 0 Å². The molecular weight excluding hydrogens is 482 g/mol. The molecule has 156 valence electrons. The van der Waals surface area contributed by atoms with Gasteiger partial charge in [-0.15, -0.1) is 0 Å². The molecule has 0 unspecified atom stereocenters. The van der Waals surface area contributed by atoms with Gasteiger partial charge >= 0.3 is 0 Å². The SMILES string of the molecule is O=c1c(Cl)c(Cl)sn1C1CCCCC1.O=c1c(Cl)c(Cl)sn1C1CCCCC1. The van der Waals surface area contributed by atoms with Gasteiger partial charge in [0.1, 0.15) is 18.7 Å². The Morgan fingerprint density at radius 2 is 0.929 bits per heavy atom. The first-order valence-corrected chi connectivity index (χ1v) is 12.6. The number of hydrogen-bond acceptors (Lipinski definition) is 4. The molecular formula is C18H22Cl4N2O2S2. The van der Waals surface area contributed by atoms with E-state index in [1.807, 2.05) is 0 Å². The van der Waals surface area contributed by atoms with Crippen LogP contribution >= 0.6 is 69.5 Å². The lowest BCUT2D eigenvalue weighted by atomic mass is 9.96. The molecule has 0 spiro atoms. The lowest BCUT2D eigenvalue weighted by Crippen LogP contribution is -2.21. The molecule has 0 bridgehead atoms. The number of aromatic nitrogens is 2. The molecule has 0 amide bonds. The Morgan fingerprint density at radius 1 is 0.607 bits per heavy atom. The van der Waals surface area contributed by atoms with E-state index in [9.17, 15) is 9.59 Å². The first kappa shape index (κ1) is 22.7. The summed E-state index contributed by atoms with van der Waals surface area (Å²) >= 11 is 25.7. The Kier molecular flexibility index (Phi) is 8.40. The van der Waals surface area contributed by atoms with Crippen LogP contribution < -0.4 is 11.1 Å². The zero-order valence-electron chi connectivity index (χ0n) is 15.3. The number of halogens is 4. The van der Waals surface area contributed by atoms with Crippen LogP contribution in [-0.4, -0.2) is 7.91 Å². The number of nitrogens with zero attached hydrogens (tertiary/aromatic N) is 2. The normalized spacial score (nSPS) is 18.7. The highest BCUT2D eigenvalue weighted by Crippen LogP contribution is 2.33. The van der Waals surface area contributed by atoms with Gasteiger partial charge in [-0.3, -0.25) is 17.5 Å². The van der Waals surface area contributed by atoms with Crippen molar-refractivity contribution in [1.82, 2.24) is 7.91 Å². The second kappa shape index (κ2) is 10.4. The summed E-state index contributed by atoms with van der Waals surface area (Å²) in [6.45, 7) is 0. The van der Waals surface area contributed by atoms with E-state index in [2.05, 4.69) is 0 Å². The van der Waals surface area contributed by atoms with E-state index in [0.29, 0.717) is 20.8 Å². The molecule has 0 atom stereocenters. The molecule has 2 fully saturated rings. The van der Waals surface area contributed by atoms with E-state index in [4.69, 9.17) is 46.4 Å². The fourth-order valence-electron chi connectivity index (χ4n) is 3.81. The van der Waals surface area contributed by atoms with Crippen molar-refractivity contribution < 1.29 is 0 Å². The monoisotopic (exact) mass is 502 g/mol. The van der Waals surface area contributed by atoms with Crippen molar-refractivity contribution in [2.45, 2.75) is 76.3 Å². The van der Waals surface area contributed by atoms with E-state index >= 15 is 0 Å². The molecule has 2 saturated carbocycles. The van der Waals surface area contributed by atoms with Gasteiger partial charge in [0.25, 0.3) is 11.1 Å². The van der Waals surface area contributed by atoms with E-state index in [1.54, 1.807) is 7.91 Å². The first-order chi connectivity index (χ1) is 13.4. The molecule has 4 rings (SSSR count). The van der Waals surface area contributed by atoms with Crippen LogP contribution in [0.3, 0.4) is 0 Å². The van der Waals surface area contributed by atoms with Crippen LogP contribution in [0.5, 0.6) is 0 Å². The van der Waals surface area contributed by atoms with Gasteiger partial charge in [-0.05, 0) is 48.7 Å². The largest absolute Gasteiger partial charge is 0.281 e. The summed E-state index contributed by atoms with van der Waals surface area (Å²) in [5.41, 5.74) is -0.234. The molecule has 2 aliphatic rings. The van der Waals surface area contributed by atoms with Gasteiger partial charge in [-0.25, -0.2) is 0 Å². The molecule has 0 aliphatic heterocycles. The fraction of sp³-hybridized carbons (Fsp3) is 0.667. The van der Waals surface area contributed by atoms with E-state index < -0.39 is 0 Å². The average molecular weight is 504 g/mol. The molecule has 28 heavy (non-hydrogen) atoms. The highest BCUT2D eigenvalue weighted by atomic mass is 35.5. The molecule has 4 nitrogen and oxygen atoms in total. The minimum Gasteiger partial charge on any atom is -0.267 e. The topological polar surface area (TPSA) is 44.0 Å². The molecule has 2 heterocycles. The third kappa shape index (κ3) is 5.19. The Morgan fingerprint density at radius 3 is 1.18 bits per heavy atom. The van der Waals surface area contributed by atoms with Crippen molar-refractivity contribution in [3.63, 3.8) is 0 Å². The summed E-state index contributed by atoms with van der Waals surface area (Å²) in [5.74, 6) is 0. The van der Waals surface area contributed by atoms with Crippen molar-refractivity contribution in [1.29, 1.82) is 0 Å². The maximum Gasteiger partial charge on any atom is 0.281 e. The van der Waals surface area contributed by atoms with E-state index in [1.165, 1.54) is 61.6 Å². The predicted molar refractivity (Wildman–Crippen MR) is 121 cm³/mol. The minimum atomic E-state index is -0.117. The zero-order chi connectivity index (χ0) is 20.3. The molecule has 2 aromatic rings. The molecule has 0 radical (unpaired) electrons. The Hall–Kier alpha value is 0.0200. The summed E-state index contributed by atoms with van der Waals surface area (Å²) in [7, 11) is 0. The lowest BCUT2D eigenvalue weighted by Gasteiger charge is -2.21. The number of hydrogen-bond donors (Lipinski definition) is 0. The van der Waals surface area contributed by atoms with E-state index in [-0.39, 0.29) is 21.2 Å². The van der Waals surface area contributed by atoms with Crippen LogP contribution in [-0.2, 0) is 0 Å². The van der Waals surface area contributed by atoms with Crippen molar-refractivity contribution in [2.75, 3.05) is 0 Å². The van der Waals surface area contributed by atoms with Crippen LogP contribution in [0.2, 0.25) is 18.7 Å². The summed E-state index contributed by atoms with van der Waals surface area (Å²) in [6.07, 6.45) is 11.7. The summed E-state index contributed by atoms with van der Waals surface area (Å²) in [4.78, 5) is 23.3. The number of rotatable bonds is 2. The lowest BCUT2D eigenvalue weighted by molar-refractivity contribution is 0.365. The molecule has 10 heteroatoms. The molecule has 2 aliphatic carbocycles. The Balaban J connectivity index is 0.000000161. The third-order valence-corrected chi connectivity index (χ3v) is 9.25. The van der Waals surface area contributed by atoms with Crippen molar-refractivity contribution in [2.24, 2.45) is 0 Å². The maximum absolute atomic E-state index is 11.6. The molecule has 0 N–H and O–H groups in total. The summed E-state index contributed by atoms with van der Waals surface area (Å²) in [6, 6.07) is 0.650. The quantitative estimate of drug-likeness (QED) is 0.427. The minimum absolute atomic E-state index is 0.117. The van der Waals surface area contributed by atoms with E-state index in [0.717, 1.165) is 25.7 Å². The van der Waals surface area contributed by atoms with Gasteiger partial charge in [-0.1, -0.05) is 84.9 Å². The van der Waals surface area contributed by atoms with Gasteiger partial charge in [0.15, 0.2) is 0 Å². The second-order valence-corrected chi connectivity index (χ2v) is 11.1. The van der Waals surface area contributed by atoms with Crippen molar-refractivity contribution in [3.8, 4) is 0 Å². The molecule has 0 saturated heterocycles. The average Bonchev–Trinajstić information content (AvgIpc) is 3.14. The van der Waals surface area contributed by atoms with Crippen LogP contribution in [0.15, 0.2) is 9.59 Å². The van der Waals surface area contributed by atoms with Crippen LogP contribution in [0.1, 0.15) is 76.3 Å². The first-order valence-electron chi connectivity index (χ1n) is 9.53.